The van der Waals surface area contributed by atoms with Gasteiger partial charge in [0.15, 0.2) is 0 Å². The Balaban J connectivity index is 1.91. The van der Waals surface area contributed by atoms with Gasteiger partial charge in [-0.05, 0) is 29.7 Å². The standard InChI is InChI=1S/C19H21N3O3/c1-11(2)12-5-7-13(8-6-12)20-19-21-15-9-14(18(23)25-4)17(24-3)10-16(15)22-19/h5-11H,1-4H3,(H2,20,21,22). The molecule has 2 N–H and O–H groups in total. The van der Waals surface area contributed by atoms with Gasteiger partial charge in [-0.15, -0.1) is 0 Å². The summed E-state index contributed by atoms with van der Waals surface area (Å²) in [4.78, 5) is 19.5. The molecule has 0 spiro atoms. The molecule has 1 heterocycles. The molecule has 1 aromatic heterocycles. The number of esters is 1. The van der Waals surface area contributed by atoms with Crippen molar-refractivity contribution >= 4 is 28.6 Å². The minimum absolute atomic E-state index is 0.356. The van der Waals surface area contributed by atoms with Gasteiger partial charge in [-0.3, -0.25) is 0 Å². The number of imidazole rings is 1. The lowest BCUT2D eigenvalue weighted by Gasteiger charge is -2.07. The molecule has 0 unspecified atom stereocenters. The van der Waals surface area contributed by atoms with Crippen molar-refractivity contribution in [2.45, 2.75) is 19.8 Å². The molecule has 3 aromatic rings. The van der Waals surface area contributed by atoms with E-state index >= 15 is 0 Å². The normalized spacial score (nSPS) is 10.9. The number of anilines is 2. The van der Waals surface area contributed by atoms with Crippen molar-refractivity contribution in [3.63, 3.8) is 0 Å². The van der Waals surface area contributed by atoms with Gasteiger partial charge in [0.1, 0.15) is 11.3 Å². The van der Waals surface area contributed by atoms with Crippen molar-refractivity contribution in [2.24, 2.45) is 0 Å². The average Bonchev–Trinajstić information content (AvgIpc) is 3.01. The zero-order valence-electron chi connectivity index (χ0n) is 14.7. The van der Waals surface area contributed by atoms with E-state index in [2.05, 4.69) is 41.3 Å². The maximum atomic E-state index is 11.9. The Kier molecular flexibility index (Phi) is 4.61. The molecule has 6 nitrogen and oxygen atoms in total. The topological polar surface area (TPSA) is 76.2 Å². The number of nitrogens with one attached hydrogen (secondary N) is 2. The lowest BCUT2D eigenvalue weighted by Crippen LogP contribution is -2.03. The smallest absolute Gasteiger partial charge is 0.341 e. The second kappa shape index (κ2) is 6.84. The van der Waals surface area contributed by atoms with Gasteiger partial charge in [-0.25, -0.2) is 9.78 Å². The maximum absolute atomic E-state index is 11.9. The van der Waals surface area contributed by atoms with Gasteiger partial charge in [0.25, 0.3) is 0 Å². The molecule has 0 aliphatic rings. The van der Waals surface area contributed by atoms with Crippen LogP contribution in [0.15, 0.2) is 36.4 Å². The number of hydrogen-bond donors (Lipinski definition) is 2. The zero-order chi connectivity index (χ0) is 18.0. The summed E-state index contributed by atoms with van der Waals surface area (Å²) in [6, 6.07) is 11.6. The summed E-state index contributed by atoms with van der Waals surface area (Å²) in [5.74, 6) is 1.06. The van der Waals surface area contributed by atoms with Gasteiger partial charge in [0, 0.05) is 11.8 Å². The molecule has 130 valence electrons. The van der Waals surface area contributed by atoms with Crippen LogP contribution in [0.1, 0.15) is 35.7 Å². The average molecular weight is 339 g/mol. The van der Waals surface area contributed by atoms with Gasteiger partial charge in [-0.2, -0.15) is 0 Å². The third-order valence-electron chi connectivity index (χ3n) is 4.05. The first kappa shape index (κ1) is 16.8. The highest BCUT2D eigenvalue weighted by atomic mass is 16.5. The third-order valence-corrected chi connectivity index (χ3v) is 4.05. The van der Waals surface area contributed by atoms with Crippen molar-refractivity contribution in [2.75, 3.05) is 19.5 Å². The van der Waals surface area contributed by atoms with Crippen molar-refractivity contribution < 1.29 is 14.3 Å². The van der Waals surface area contributed by atoms with E-state index < -0.39 is 5.97 Å². The second-order valence-electron chi connectivity index (χ2n) is 6.05. The van der Waals surface area contributed by atoms with Crippen LogP contribution in [0.3, 0.4) is 0 Å². The van der Waals surface area contributed by atoms with Gasteiger partial charge in [-0.1, -0.05) is 26.0 Å². The fraction of sp³-hybridized carbons (Fsp3) is 0.263. The highest BCUT2D eigenvalue weighted by molar-refractivity contribution is 5.97. The van der Waals surface area contributed by atoms with Crippen molar-refractivity contribution in [3.8, 4) is 5.75 Å². The summed E-state index contributed by atoms with van der Waals surface area (Å²) in [6.45, 7) is 4.32. The van der Waals surface area contributed by atoms with E-state index in [1.165, 1.54) is 19.8 Å². The molecule has 0 saturated heterocycles. The predicted octanol–water partition coefficient (Wildman–Crippen LogP) is 4.23. The fourth-order valence-electron chi connectivity index (χ4n) is 2.62. The molecule has 0 radical (unpaired) electrons. The van der Waals surface area contributed by atoms with E-state index in [0.29, 0.717) is 28.7 Å². The van der Waals surface area contributed by atoms with E-state index in [0.717, 1.165) is 11.2 Å². The van der Waals surface area contributed by atoms with E-state index in [1.54, 1.807) is 12.1 Å². The molecule has 25 heavy (non-hydrogen) atoms. The first-order chi connectivity index (χ1) is 12.0. The summed E-state index contributed by atoms with van der Waals surface area (Å²) in [6.07, 6.45) is 0. The van der Waals surface area contributed by atoms with Gasteiger partial charge in [0.05, 0.1) is 25.3 Å². The fourth-order valence-corrected chi connectivity index (χ4v) is 2.62. The van der Waals surface area contributed by atoms with Crippen LogP contribution in [-0.4, -0.2) is 30.2 Å². The summed E-state index contributed by atoms with van der Waals surface area (Å²) in [7, 11) is 2.85. The minimum Gasteiger partial charge on any atom is -0.496 e. The first-order valence-electron chi connectivity index (χ1n) is 8.05. The number of carbonyl (C=O) groups excluding carboxylic acids is 1. The summed E-state index contributed by atoms with van der Waals surface area (Å²) < 4.78 is 10.1. The van der Waals surface area contributed by atoms with Crippen LogP contribution in [0, 0.1) is 0 Å². The molecular weight excluding hydrogens is 318 g/mol. The molecule has 3 rings (SSSR count). The third kappa shape index (κ3) is 3.42. The van der Waals surface area contributed by atoms with E-state index in [1.807, 2.05) is 12.1 Å². The summed E-state index contributed by atoms with van der Waals surface area (Å²) in [5, 5.41) is 3.24. The highest BCUT2D eigenvalue weighted by Crippen LogP contribution is 2.27. The Labute approximate surface area is 146 Å². The molecule has 0 atom stereocenters. The van der Waals surface area contributed by atoms with Crippen LogP contribution >= 0.6 is 0 Å². The molecule has 0 bridgehead atoms. The molecule has 0 aliphatic heterocycles. The molecular formula is C19H21N3O3. The highest BCUT2D eigenvalue weighted by Gasteiger charge is 2.16. The molecule has 0 saturated carbocycles. The number of nitrogens with zero attached hydrogens (tertiary/aromatic N) is 1. The quantitative estimate of drug-likeness (QED) is 0.681. The number of H-pyrrole nitrogens is 1. The number of hydrogen-bond acceptors (Lipinski definition) is 5. The Hall–Kier alpha value is -3.02. The minimum atomic E-state index is -0.452. The summed E-state index contributed by atoms with van der Waals surface area (Å²) in [5.41, 5.74) is 3.99. The number of aromatic amines is 1. The van der Waals surface area contributed by atoms with Gasteiger partial charge in [0.2, 0.25) is 5.95 Å². The van der Waals surface area contributed by atoms with Crippen molar-refractivity contribution in [1.29, 1.82) is 0 Å². The Morgan fingerprint density at radius 1 is 1.16 bits per heavy atom. The Bertz CT molecular complexity index is 898. The SMILES string of the molecule is COC(=O)c1cc2[nH]c(Nc3ccc(C(C)C)cc3)nc2cc1OC. The van der Waals surface area contributed by atoms with Crippen LogP contribution in [0.4, 0.5) is 11.6 Å². The van der Waals surface area contributed by atoms with Crippen LogP contribution in [0.2, 0.25) is 0 Å². The molecule has 6 heteroatoms. The molecule has 2 aromatic carbocycles. The lowest BCUT2D eigenvalue weighted by atomic mass is 10.0. The Morgan fingerprint density at radius 2 is 1.88 bits per heavy atom. The van der Waals surface area contributed by atoms with Crippen LogP contribution < -0.4 is 10.1 Å². The predicted molar refractivity (Wildman–Crippen MR) is 97.8 cm³/mol. The zero-order valence-corrected chi connectivity index (χ0v) is 14.7. The van der Waals surface area contributed by atoms with Crippen molar-refractivity contribution in [1.82, 2.24) is 9.97 Å². The number of benzene rings is 2. The number of carbonyl (C=O) groups is 1. The van der Waals surface area contributed by atoms with E-state index in [-0.39, 0.29) is 0 Å². The number of methoxy groups -OCH3 is 2. The number of fused-ring (bicyclic) bond motifs is 1. The van der Waals surface area contributed by atoms with E-state index in [9.17, 15) is 4.79 Å². The second-order valence-corrected chi connectivity index (χ2v) is 6.05. The van der Waals surface area contributed by atoms with Crippen LogP contribution in [0.5, 0.6) is 5.75 Å². The molecule has 0 fully saturated rings. The van der Waals surface area contributed by atoms with Gasteiger partial charge >= 0.3 is 5.97 Å². The molecule has 0 amide bonds. The number of ether oxygens (including phenoxy) is 2. The monoisotopic (exact) mass is 339 g/mol. The first-order valence-corrected chi connectivity index (χ1v) is 8.05. The van der Waals surface area contributed by atoms with Crippen LogP contribution in [-0.2, 0) is 4.74 Å². The largest absolute Gasteiger partial charge is 0.496 e. The summed E-state index contributed by atoms with van der Waals surface area (Å²) >= 11 is 0. The number of aromatic nitrogens is 2. The van der Waals surface area contributed by atoms with E-state index in [4.69, 9.17) is 9.47 Å². The lowest BCUT2D eigenvalue weighted by molar-refractivity contribution is 0.0597. The van der Waals surface area contributed by atoms with Gasteiger partial charge < -0.3 is 19.8 Å². The Morgan fingerprint density at radius 3 is 2.48 bits per heavy atom. The maximum Gasteiger partial charge on any atom is 0.341 e. The van der Waals surface area contributed by atoms with Crippen molar-refractivity contribution in [3.05, 3.63) is 47.5 Å². The molecule has 0 aliphatic carbocycles. The number of rotatable bonds is 5. The van der Waals surface area contributed by atoms with Crippen LogP contribution in [0.25, 0.3) is 11.0 Å².